The zero-order chi connectivity index (χ0) is 30.9. The molecule has 0 radical (unpaired) electrons. The molecule has 0 bridgehead atoms. The molecule has 4 aromatic carbocycles. The Bertz CT molecular complexity index is 1730. The van der Waals surface area contributed by atoms with E-state index in [1.165, 1.54) is 4.31 Å². The molecule has 1 aliphatic heterocycles. The first kappa shape index (κ1) is 29.8. The van der Waals surface area contributed by atoms with Crippen LogP contribution in [0.25, 0.3) is 0 Å². The fourth-order valence-electron chi connectivity index (χ4n) is 6.33. The van der Waals surface area contributed by atoms with E-state index in [4.69, 9.17) is 9.47 Å². The number of ether oxygens (including phenoxy) is 2. The maximum Gasteiger partial charge on any atom is 0.411 e. The molecule has 1 heterocycles. The number of nitrogens with zero attached hydrogens (tertiary/aromatic N) is 2. The normalized spacial score (nSPS) is 25.0. The van der Waals surface area contributed by atoms with E-state index in [0.29, 0.717) is 0 Å². The van der Waals surface area contributed by atoms with Crippen LogP contribution < -0.4 is 0 Å². The number of aryl methyl sites for hydroxylation is 1. The summed E-state index contributed by atoms with van der Waals surface area (Å²) < 4.78 is 42.8. The van der Waals surface area contributed by atoms with E-state index < -0.39 is 45.9 Å². The molecule has 0 saturated carbocycles. The average molecular weight is 609 g/mol. The van der Waals surface area contributed by atoms with Crippen LogP contribution in [-0.2, 0) is 26.0 Å². The second-order valence-electron chi connectivity index (χ2n) is 11.5. The second-order valence-corrected chi connectivity index (χ2v) is 13.4. The number of hydrogen-bond acceptors (Lipinski definition) is 5. The van der Waals surface area contributed by atoms with Gasteiger partial charge in [-0.25, -0.2) is 13.2 Å². The number of rotatable bonds is 9. The number of methoxy groups -OCH3 is 1. The van der Waals surface area contributed by atoms with Gasteiger partial charge in [0.05, 0.1) is 17.0 Å². The Morgan fingerprint density at radius 3 is 2.00 bits per heavy atom. The lowest BCUT2D eigenvalue weighted by Crippen LogP contribution is -2.59. The van der Waals surface area contributed by atoms with E-state index in [0.717, 1.165) is 22.3 Å². The third kappa shape index (κ3) is 5.45. The third-order valence-electron chi connectivity index (χ3n) is 8.71. The molecule has 1 aliphatic carbocycles. The van der Waals surface area contributed by atoms with Crippen molar-refractivity contribution in [3.8, 4) is 0 Å². The van der Waals surface area contributed by atoms with Gasteiger partial charge in [-0.05, 0) is 42.7 Å². The van der Waals surface area contributed by atoms with Crippen LogP contribution in [0.2, 0.25) is 0 Å². The van der Waals surface area contributed by atoms with Gasteiger partial charge in [0.25, 0.3) is 0 Å². The van der Waals surface area contributed by atoms with Gasteiger partial charge >= 0.3 is 6.09 Å². The standard InChI is InChI=1S/C36H36N2O5S/c1-26-19-21-30(22-20-26)44(40,41)37(25-27-13-7-4-8-14-27)31-23-24-36(2,42-3)34(31)38-32(28-15-9-5-10-16-28)33(43-35(38)39)29-17-11-6-12-18-29/h4-24,31-34H,25H2,1-3H3/t31-,32+,33-,34+,36+/m0/s1. The van der Waals surface area contributed by atoms with E-state index in [-0.39, 0.29) is 11.4 Å². The molecule has 2 aliphatic rings. The van der Waals surface area contributed by atoms with Gasteiger partial charge < -0.3 is 9.47 Å². The highest BCUT2D eigenvalue weighted by molar-refractivity contribution is 7.89. The highest BCUT2D eigenvalue weighted by Crippen LogP contribution is 2.49. The van der Waals surface area contributed by atoms with E-state index in [2.05, 4.69) is 0 Å². The summed E-state index contributed by atoms with van der Waals surface area (Å²) in [5.74, 6) is 0. The number of carbonyl (C=O) groups excluding carboxylic acids is 1. The van der Waals surface area contributed by atoms with Gasteiger partial charge in [-0.2, -0.15) is 4.31 Å². The van der Waals surface area contributed by atoms with E-state index in [1.54, 1.807) is 36.3 Å². The van der Waals surface area contributed by atoms with Crippen LogP contribution in [0.15, 0.2) is 132 Å². The van der Waals surface area contributed by atoms with Crippen LogP contribution in [0.3, 0.4) is 0 Å². The Hall–Kier alpha value is -4.24. The van der Waals surface area contributed by atoms with Crippen molar-refractivity contribution in [2.45, 2.75) is 55.1 Å². The van der Waals surface area contributed by atoms with Gasteiger partial charge in [0.15, 0.2) is 6.10 Å². The van der Waals surface area contributed by atoms with Gasteiger partial charge in [-0.15, -0.1) is 0 Å². The van der Waals surface area contributed by atoms with Gasteiger partial charge in [0, 0.05) is 13.7 Å². The molecule has 0 N–H and O–H groups in total. The lowest BCUT2D eigenvalue weighted by molar-refractivity contribution is -0.0318. The first-order valence-electron chi connectivity index (χ1n) is 14.7. The molecule has 0 spiro atoms. The summed E-state index contributed by atoms with van der Waals surface area (Å²) in [4.78, 5) is 16.0. The highest BCUT2D eigenvalue weighted by atomic mass is 32.2. The molecule has 1 amide bonds. The van der Waals surface area contributed by atoms with Crippen LogP contribution in [0, 0.1) is 6.92 Å². The fourth-order valence-corrected chi connectivity index (χ4v) is 7.91. The predicted molar refractivity (Wildman–Crippen MR) is 169 cm³/mol. The Kier molecular flexibility index (Phi) is 8.16. The molecule has 226 valence electrons. The summed E-state index contributed by atoms with van der Waals surface area (Å²) in [6.45, 7) is 3.91. The van der Waals surface area contributed by atoms with E-state index in [1.807, 2.05) is 117 Å². The molecule has 1 saturated heterocycles. The molecule has 7 nitrogen and oxygen atoms in total. The molecule has 5 atom stereocenters. The summed E-state index contributed by atoms with van der Waals surface area (Å²) in [5.41, 5.74) is 2.51. The molecular weight excluding hydrogens is 572 g/mol. The lowest BCUT2D eigenvalue weighted by atomic mass is 9.89. The maximum absolute atomic E-state index is 14.5. The molecule has 0 unspecified atom stereocenters. The monoisotopic (exact) mass is 608 g/mol. The van der Waals surface area contributed by atoms with Crippen LogP contribution in [-0.4, -0.2) is 48.5 Å². The third-order valence-corrected chi connectivity index (χ3v) is 10.6. The molecular formula is C36H36N2O5S. The number of sulfonamides is 1. The minimum Gasteiger partial charge on any atom is -0.439 e. The Morgan fingerprint density at radius 2 is 1.41 bits per heavy atom. The van der Waals surface area contributed by atoms with Gasteiger partial charge in [-0.3, -0.25) is 4.90 Å². The minimum absolute atomic E-state index is 0.101. The smallest absolute Gasteiger partial charge is 0.411 e. The summed E-state index contributed by atoms with van der Waals surface area (Å²) in [6, 6.07) is 33.7. The van der Waals surface area contributed by atoms with Crippen LogP contribution in [0.1, 0.15) is 41.3 Å². The summed E-state index contributed by atoms with van der Waals surface area (Å²) in [5, 5.41) is 0. The first-order valence-corrected chi connectivity index (χ1v) is 16.1. The number of carbonyl (C=O) groups is 1. The summed E-state index contributed by atoms with van der Waals surface area (Å²) in [7, 11) is -2.45. The zero-order valence-corrected chi connectivity index (χ0v) is 25.8. The van der Waals surface area contributed by atoms with Crippen LogP contribution >= 0.6 is 0 Å². The lowest BCUT2D eigenvalue weighted by Gasteiger charge is -2.44. The van der Waals surface area contributed by atoms with Gasteiger partial charge in [0.2, 0.25) is 10.0 Å². The van der Waals surface area contributed by atoms with Crippen molar-refractivity contribution in [3.05, 3.63) is 150 Å². The maximum atomic E-state index is 14.5. The zero-order valence-electron chi connectivity index (χ0n) is 25.0. The fraction of sp³-hybridized carbons (Fsp3) is 0.250. The van der Waals surface area contributed by atoms with Crippen LogP contribution in [0.4, 0.5) is 4.79 Å². The predicted octanol–water partition coefficient (Wildman–Crippen LogP) is 6.83. The minimum atomic E-state index is -4.04. The topological polar surface area (TPSA) is 76.2 Å². The summed E-state index contributed by atoms with van der Waals surface area (Å²) >= 11 is 0. The van der Waals surface area contributed by atoms with Crippen molar-refractivity contribution in [2.24, 2.45) is 0 Å². The van der Waals surface area contributed by atoms with Crippen molar-refractivity contribution in [3.63, 3.8) is 0 Å². The quantitative estimate of drug-likeness (QED) is 0.195. The van der Waals surface area contributed by atoms with Crippen molar-refractivity contribution in [2.75, 3.05) is 7.11 Å². The van der Waals surface area contributed by atoms with E-state index >= 15 is 0 Å². The molecule has 1 fully saturated rings. The van der Waals surface area contributed by atoms with Crippen LogP contribution in [0.5, 0.6) is 0 Å². The van der Waals surface area contributed by atoms with Gasteiger partial charge in [0.1, 0.15) is 11.6 Å². The Labute approximate surface area is 259 Å². The van der Waals surface area contributed by atoms with Crippen molar-refractivity contribution in [1.82, 2.24) is 9.21 Å². The second kappa shape index (κ2) is 12.0. The SMILES string of the molecule is CO[C@]1(C)C=C[C@H](N(Cc2ccccc2)S(=O)(=O)c2ccc(C)cc2)[C@H]1N1C(=O)O[C@@H](c2ccccc2)[C@H]1c1ccccc1. The highest BCUT2D eigenvalue weighted by Gasteiger charge is 2.57. The molecule has 4 aromatic rings. The van der Waals surface area contributed by atoms with Crippen molar-refractivity contribution >= 4 is 16.1 Å². The Balaban J connectivity index is 1.50. The average Bonchev–Trinajstić information content (AvgIpc) is 3.57. The van der Waals surface area contributed by atoms with Crippen molar-refractivity contribution in [1.29, 1.82) is 0 Å². The Morgan fingerprint density at radius 1 is 0.841 bits per heavy atom. The number of benzene rings is 4. The molecule has 8 heteroatoms. The molecule has 44 heavy (non-hydrogen) atoms. The number of amides is 1. The first-order chi connectivity index (χ1) is 21.2. The van der Waals surface area contributed by atoms with Crippen molar-refractivity contribution < 1.29 is 22.7 Å². The summed E-state index contributed by atoms with van der Waals surface area (Å²) in [6.07, 6.45) is 2.59. The molecule has 0 aromatic heterocycles. The molecule has 6 rings (SSSR count). The van der Waals surface area contributed by atoms with E-state index in [9.17, 15) is 13.2 Å². The number of cyclic esters (lactones) is 1. The number of hydrogen-bond donors (Lipinski definition) is 0. The van der Waals surface area contributed by atoms with Gasteiger partial charge in [-0.1, -0.05) is 121 Å². The largest absolute Gasteiger partial charge is 0.439 e.